The van der Waals surface area contributed by atoms with Crippen molar-refractivity contribution in [2.24, 2.45) is 23.9 Å². The highest BCUT2D eigenvalue weighted by Crippen LogP contribution is 2.47. The Morgan fingerprint density at radius 3 is 2.59 bits per heavy atom. The molecule has 2 bridgehead atoms. The maximum Gasteiger partial charge on any atom is 0.193 e. The van der Waals surface area contributed by atoms with Gasteiger partial charge in [-0.3, -0.25) is 9.67 Å². The fourth-order valence-corrected chi connectivity index (χ4v) is 4.21. The molecule has 7 heteroatoms. The van der Waals surface area contributed by atoms with Crippen LogP contribution in [0.3, 0.4) is 0 Å². The van der Waals surface area contributed by atoms with Crippen LogP contribution in [0.1, 0.15) is 18.5 Å². The average Bonchev–Trinajstić information content (AvgIpc) is 3.20. The quantitative estimate of drug-likeness (QED) is 0.447. The van der Waals surface area contributed by atoms with Crippen LogP contribution in [0.25, 0.3) is 0 Å². The largest absolute Gasteiger partial charge is 0.374 e. The summed E-state index contributed by atoms with van der Waals surface area (Å²) in [6.45, 7) is 2.92. The average molecular weight is 417 g/mol. The second-order valence-corrected chi connectivity index (χ2v) is 6.37. The maximum atomic E-state index is 6.04. The van der Waals surface area contributed by atoms with Gasteiger partial charge in [-0.2, -0.15) is 5.10 Å². The molecule has 3 fully saturated rings. The summed E-state index contributed by atoms with van der Waals surface area (Å²) in [5.41, 5.74) is 1.17. The lowest BCUT2D eigenvalue weighted by atomic mass is 9.82. The topological polar surface area (TPSA) is 54.7 Å². The van der Waals surface area contributed by atoms with Crippen molar-refractivity contribution in [1.29, 1.82) is 0 Å². The van der Waals surface area contributed by atoms with Crippen LogP contribution in [-0.2, 0) is 18.3 Å². The Morgan fingerprint density at radius 2 is 2.05 bits per heavy atom. The molecule has 1 aromatic heterocycles. The Hall–Kier alpha value is -0.830. The van der Waals surface area contributed by atoms with Gasteiger partial charge in [-0.05, 0) is 18.9 Å². The van der Waals surface area contributed by atoms with Gasteiger partial charge in [0, 0.05) is 45.2 Å². The van der Waals surface area contributed by atoms with Crippen LogP contribution in [0.2, 0.25) is 0 Å². The van der Waals surface area contributed by atoms with Crippen molar-refractivity contribution in [2.75, 3.05) is 20.1 Å². The van der Waals surface area contributed by atoms with Gasteiger partial charge >= 0.3 is 0 Å². The van der Waals surface area contributed by atoms with Crippen molar-refractivity contribution in [2.45, 2.75) is 31.6 Å². The van der Waals surface area contributed by atoms with Crippen molar-refractivity contribution in [3.05, 3.63) is 18.0 Å². The highest BCUT2D eigenvalue weighted by atomic mass is 127. The third-order valence-electron chi connectivity index (χ3n) is 5.31. The van der Waals surface area contributed by atoms with Crippen molar-refractivity contribution >= 4 is 29.9 Å². The van der Waals surface area contributed by atoms with Gasteiger partial charge in [0.15, 0.2) is 5.96 Å². The monoisotopic (exact) mass is 417 g/mol. The van der Waals surface area contributed by atoms with E-state index in [1.165, 1.54) is 18.5 Å². The number of guanidine groups is 1. The number of aromatic nitrogens is 2. The van der Waals surface area contributed by atoms with E-state index in [4.69, 9.17) is 4.74 Å². The number of aliphatic imine (C=N–C) groups is 1. The van der Waals surface area contributed by atoms with Gasteiger partial charge < -0.3 is 15.0 Å². The molecule has 0 amide bonds. The van der Waals surface area contributed by atoms with Crippen LogP contribution >= 0.6 is 24.0 Å². The number of aryl methyl sites for hydroxylation is 1. The number of hydrogen-bond donors (Lipinski definition) is 1. The summed E-state index contributed by atoms with van der Waals surface area (Å²) in [6, 6.07) is 2.03. The van der Waals surface area contributed by atoms with E-state index in [2.05, 4.69) is 20.3 Å². The Balaban J connectivity index is 0.00000144. The van der Waals surface area contributed by atoms with Crippen molar-refractivity contribution in [3.8, 4) is 0 Å². The molecule has 3 aliphatic rings. The lowest BCUT2D eigenvalue weighted by molar-refractivity contribution is 0.0767. The zero-order valence-electron chi connectivity index (χ0n) is 13.1. The van der Waals surface area contributed by atoms with Crippen molar-refractivity contribution in [1.82, 2.24) is 20.0 Å². The summed E-state index contributed by atoms with van der Waals surface area (Å²) in [7, 11) is 3.83. The molecule has 4 rings (SSSR count). The molecule has 4 heterocycles. The summed E-state index contributed by atoms with van der Waals surface area (Å²) >= 11 is 0. The number of halogens is 1. The fourth-order valence-electron chi connectivity index (χ4n) is 4.21. The number of ether oxygens (including phenoxy) is 1. The molecule has 1 aromatic rings. The van der Waals surface area contributed by atoms with E-state index >= 15 is 0 Å². The minimum absolute atomic E-state index is 0. The molecule has 22 heavy (non-hydrogen) atoms. The first-order valence-corrected chi connectivity index (χ1v) is 7.84. The zero-order chi connectivity index (χ0) is 14.4. The molecule has 3 saturated heterocycles. The summed E-state index contributed by atoms with van der Waals surface area (Å²) < 4.78 is 7.93. The summed E-state index contributed by atoms with van der Waals surface area (Å²) in [6.07, 6.45) is 5.33. The van der Waals surface area contributed by atoms with Crippen LogP contribution in [-0.4, -0.2) is 53.0 Å². The van der Waals surface area contributed by atoms with E-state index in [0.717, 1.165) is 25.6 Å². The summed E-state index contributed by atoms with van der Waals surface area (Å²) in [5, 5.41) is 7.67. The standard InChI is InChI=1S/C15H23N5O.HI/c1-16-15(17-7-10-5-6-18-19(10)2)20-8-11-12(9-20)14-4-3-13(11)21-14;/h5-6,11-14H,3-4,7-9H2,1-2H3,(H,16,17);1H. The van der Waals surface area contributed by atoms with Gasteiger partial charge in [0.2, 0.25) is 0 Å². The Kier molecular flexibility index (Phi) is 4.63. The molecule has 6 nitrogen and oxygen atoms in total. The third-order valence-corrected chi connectivity index (χ3v) is 5.31. The zero-order valence-corrected chi connectivity index (χ0v) is 15.4. The van der Waals surface area contributed by atoms with Crippen molar-refractivity contribution < 1.29 is 4.74 Å². The molecular weight excluding hydrogens is 393 g/mol. The number of hydrogen-bond acceptors (Lipinski definition) is 3. The molecule has 0 radical (unpaired) electrons. The molecule has 122 valence electrons. The lowest BCUT2D eigenvalue weighted by Gasteiger charge is -2.23. The molecule has 3 aliphatic heterocycles. The van der Waals surface area contributed by atoms with Crippen LogP contribution < -0.4 is 5.32 Å². The highest BCUT2D eigenvalue weighted by molar-refractivity contribution is 14.0. The first kappa shape index (κ1) is 16.0. The SMILES string of the molecule is CN=C(NCc1ccnn1C)N1CC2C3CCC(O3)C2C1.I. The highest BCUT2D eigenvalue weighted by Gasteiger charge is 2.53. The number of fused-ring (bicyclic) bond motifs is 5. The van der Waals surface area contributed by atoms with Gasteiger partial charge in [0.05, 0.1) is 24.4 Å². The minimum Gasteiger partial charge on any atom is -0.374 e. The predicted octanol–water partition coefficient (Wildman–Crippen LogP) is 1.22. The van der Waals surface area contributed by atoms with Crippen LogP contribution in [0, 0.1) is 11.8 Å². The van der Waals surface area contributed by atoms with Gasteiger partial charge in [0.1, 0.15) is 0 Å². The van der Waals surface area contributed by atoms with Gasteiger partial charge in [-0.25, -0.2) is 0 Å². The number of nitrogens with zero attached hydrogens (tertiary/aromatic N) is 4. The van der Waals surface area contributed by atoms with E-state index in [0.29, 0.717) is 24.0 Å². The van der Waals surface area contributed by atoms with E-state index in [1.807, 2.05) is 31.0 Å². The van der Waals surface area contributed by atoms with E-state index in [9.17, 15) is 0 Å². The second kappa shape index (κ2) is 6.35. The maximum absolute atomic E-state index is 6.04. The van der Waals surface area contributed by atoms with Crippen molar-refractivity contribution in [3.63, 3.8) is 0 Å². The summed E-state index contributed by atoms with van der Waals surface area (Å²) in [5.74, 6) is 2.42. The molecule has 4 atom stereocenters. The first-order chi connectivity index (χ1) is 10.3. The van der Waals surface area contributed by atoms with E-state index < -0.39 is 0 Å². The smallest absolute Gasteiger partial charge is 0.193 e. The molecule has 0 aromatic carbocycles. The lowest BCUT2D eigenvalue weighted by Crippen LogP contribution is -2.41. The predicted molar refractivity (Wildman–Crippen MR) is 95.3 cm³/mol. The number of nitrogens with one attached hydrogen (secondary N) is 1. The first-order valence-electron chi connectivity index (χ1n) is 7.84. The van der Waals surface area contributed by atoms with E-state index in [1.54, 1.807) is 0 Å². The molecule has 0 spiro atoms. The fraction of sp³-hybridized carbons (Fsp3) is 0.733. The normalized spacial score (nSPS) is 33.0. The minimum atomic E-state index is 0. The molecule has 0 saturated carbocycles. The third kappa shape index (κ3) is 2.62. The molecule has 4 unspecified atom stereocenters. The number of likely N-dealkylation sites (tertiary alicyclic amines) is 1. The Morgan fingerprint density at radius 1 is 1.36 bits per heavy atom. The van der Waals surface area contributed by atoms with Crippen LogP contribution in [0.15, 0.2) is 17.3 Å². The van der Waals surface area contributed by atoms with Gasteiger partial charge in [-0.1, -0.05) is 0 Å². The Bertz CT molecular complexity index is 542. The Labute approximate surface area is 148 Å². The van der Waals surface area contributed by atoms with Crippen LogP contribution in [0.5, 0.6) is 0 Å². The summed E-state index contributed by atoms with van der Waals surface area (Å²) in [4.78, 5) is 6.86. The molecule has 0 aliphatic carbocycles. The molecule has 1 N–H and O–H groups in total. The van der Waals surface area contributed by atoms with Gasteiger partial charge in [-0.15, -0.1) is 24.0 Å². The molecular formula is C15H24IN5O. The number of rotatable bonds is 2. The van der Waals surface area contributed by atoms with E-state index in [-0.39, 0.29) is 24.0 Å². The van der Waals surface area contributed by atoms with Crippen LogP contribution in [0.4, 0.5) is 0 Å². The second-order valence-electron chi connectivity index (χ2n) is 6.37. The van der Waals surface area contributed by atoms with Gasteiger partial charge in [0.25, 0.3) is 0 Å².